The standard InChI is InChI=1S/C15H24N6O3S/c1-5-21-14(22)13-12(11(3)17-18(13)4)16-15(21)19-7-9-20(10-8-19)25(23,24)6-2/h5-10H2,1-4H3. The van der Waals surface area contributed by atoms with Crippen LogP contribution in [0.3, 0.4) is 0 Å². The molecule has 0 unspecified atom stereocenters. The summed E-state index contributed by atoms with van der Waals surface area (Å²) in [5, 5.41) is 4.30. The van der Waals surface area contributed by atoms with Gasteiger partial charge in [-0.05, 0) is 20.8 Å². The summed E-state index contributed by atoms with van der Waals surface area (Å²) in [6, 6.07) is 0. The summed E-state index contributed by atoms with van der Waals surface area (Å²) in [7, 11) is -1.44. The average Bonchev–Trinajstić information content (AvgIpc) is 2.89. The van der Waals surface area contributed by atoms with Crippen LogP contribution in [0.15, 0.2) is 4.79 Å². The number of hydrogen-bond donors (Lipinski definition) is 0. The van der Waals surface area contributed by atoms with Gasteiger partial charge in [0.2, 0.25) is 16.0 Å². The summed E-state index contributed by atoms with van der Waals surface area (Å²) < 4.78 is 28.8. The molecular formula is C15H24N6O3S. The summed E-state index contributed by atoms with van der Waals surface area (Å²) in [5.74, 6) is 0.691. The maximum Gasteiger partial charge on any atom is 0.281 e. The number of aryl methyl sites for hydroxylation is 2. The monoisotopic (exact) mass is 368 g/mol. The molecule has 1 aliphatic heterocycles. The molecule has 0 atom stereocenters. The van der Waals surface area contributed by atoms with E-state index in [1.807, 2.05) is 18.7 Å². The highest BCUT2D eigenvalue weighted by Crippen LogP contribution is 2.19. The third-order valence-corrected chi connectivity index (χ3v) is 6.57. The number of nitrogens with zero attached hydrogens (tertiary/aromatic N) is 6. The topological polar surface area (TPSA) is 93.3 Å². The molecule has 3 rings (SSSR count). The molecule has 0 N–H and O–H groups in total. The lowest BCUT2D eigenvalue weighted by Gasteiger charge is -2.35. The van der Waals surface area contributed by atoms with E-state index in [2.05, 4.69) is 5.10 Å². The predicted molar refractivity (Wildman–Crippen MR) is 96.4 cm³/mol. The first-order valence-electron chi connectivity index (χ1n) is 8.47. The molecule has 0 bridgehead atoms. The van der Waals surface area contributed by atoms with E-state index >= 15 is 0 Å². The molecule has 0 aromatic carbocycles. The van der Waals surface area contributed by atoms with E-state index in [1.54, 1.807) is 23.2 Å². The van der Waals surface area contributed by atoms with Gasteiger partial charge in [0.25, 0.3) is 5.56 Å². The molecule has 0 radical (unpaired) electrons. The van der Waals surface area contributed by atoms with E-state index < -0.39 is 10.0 Å². The first kappa shape index (κ1) is 17.9. The zero-order chi connectivity index (χ0) is 18.4. The van der Waals surface area contributed by atoms with E-state index in [1.165, 1.54) is 4.31 Å². The number of sulfonamides is 1. The van der Waals surface area contributed by atoms with Crippen LogP contribution in [0.5, 0.6) is 0 Å². The van der Waals surface area contributed by atoms with Gasteiger partial charge in [0.05, 0.1) is 11.4 Å². The molecule has 0 aliphatic carbocycles. The van der Waals surface area contributed by atoms with Crippen LogP contribution in [0.25, 0.3) is 11.0 Å². The summed E-state index contributed by atoms with van der Waals surface area (Å²) in [4.78, 5) is 19.5. The van der Waals surface area contributed by atoms with Gasteiger partial charge in [-0.15, -0.1) is 0 Å². The van der Waals surface area contributed by atoms with Crippen molar-refractivity contribution in [2.24, 2.45) is 7.05 Å². The van der Waals surface area contributed by atoms with Crippen molar-refractivity contribution in [3.05, 3.63) is 16.0 Å². The Morgan fingerprint density at radius 3 is 2.32 bits per heavy atom. The molecule has 138 valence electrons. The first-order valence-corrected chi connectivity index (χ1v) is 10.1. The lowest BCUT2D eigenvalue weighted by molar-refractivity contribution is 0.381. The van der Waals surface area contributed by atoms with E-state index in [0.29, 0.717) is 55.4 Å². The molecule has 0 saturated carbocycles. The molecular weight excluding hydrogens is 344 g/mol. The van der Waals surface area contributed by atoms with Crippen LogP contribution in [0.1, 0.15) is 19.5 Å². The molecule has 1 saturated heterocycles. The van der Waals surface area contributed by atoms with Crippen LogP contribution in [-0.4, -0.2) is 64.0 Å². The quantitative estimate of drug-likeness (QED) is 0.750. The Balaban J connectivity index is 2.00. The molecule has 0 spiro atoms. The van der Waals surface area contributed by atoms with Crippen molar-refractivity contribution < 1.29 is 8.42 Å². The van der Waals surface area contributed by atoms with Gasteiger partial charge in [0, 0.05) is 39.8 Å². The van der Waals surface area contributed by atoms with Crippen molar-refractivity contribution in [1.29, 1.82) is 0 Å². The fourth-order valence-electron chi connectivity index (χ4n) is 3.27. The fourth-order valence-corrected chi connectivity index (χ4v) is 4.36. The number of aromatic nitrogens is 4. The van der Waals surface area contributed by atoms with E-state index in [4.69, 9.17) is 4.98 Å². The second-order valence-corrected chi connectivity index (χ2v) is 8.41. The molecule has 25 heavy (non-hydrogen) atoms. The van der Waals surface area contributed by atoms with Gasteiger partial charge in [-0.1, -0.05) is 0 Å². The lowest BCUT2D eigenvalue weighted by atomic mass is 10.3. The van der Waals surface area contributed by atoms with Gasteiger partial charge in [-0.3, -0.25) is 14.0 Å². The third-order valence-electron chi connectivity index (χ3n) is 4.69. The predicted octanol–water partition coefficient (Wildman–Crippen LogP) is -0.0700. The molecule has 2 aromatic rings. The van der Waals surface area contributed by atoms with Gasteiger partial charge in [-0.2, -0.15) is 9.40 Å². The molecule has 10 heteroatoms. The maximum atomic E-state index is 12.9. The smallest absolute Gasteiger partial charge is 0.281 e. The Bertz CT molecular complexity index is 954. The Labute approximate surface area is 146 Å². The summed E-state index contributed by atoms with van der Waals surface area (Å²) in [5.41, 5.74) is 1.70. The van der Waals surface area contributed by atoms with Crippen molar-refractivity contribution in [2.75, 3.05) is 36.8 Å². The maximum absolute atomic E-state index is 12.9. The zero-order valence-electron chi connectivity index (χ0n) is 15.1. The Hall–Kier alpha value is -1.94. The minimum Gasteiger partial charge on any atom is -0.340 e. The number of rotatable bonds is 4. The van der Waals surface area contributed by atoms with Crippen LogP contribution in [0, 0.1) is 6.92 Å². The number of piperazine rings is 1. The van der Waals surface area contributed by atoms with Crippen LogP contribution >= 0.6 is 0 Å². The van der Waals surface area contributed by atoms with Crippen LogP contribution in [0.4, 0.5) is 5.95 Å². The summed E-state index contributed by atoms with van der Waals surface area (Å²) in [6.07, 6.45) is 0. The Morgan fingerprint density at radius 1 is 1.12 bits per heavy atom. The average molecular weight is 368 g/mol. The second kappa shape index (κ2) is 6.41. The molecule has 0 amide bonds. The van der Waals surface area contributed by atoms with Crippen molar-refractivity contribution in [2.45, 2.75) is 27.3 Å². The molecule has 1 fully saturated rings. The Morgan fingerprint density at radius 2 is 1.76 bits per heavy atom. The third kappa shape index (κ3) is 2.93. The van der Waals surface area contributed by atoms with E-state index in [0.717, 1.165) is 0 Å². The summed E-state index contributed by atoms with van der Waals surface area (Å²) in [6.45, 7) is 7.71. The van der Waals surface area contributed by atoms with Gasteiger partial charge >= 0.3 is 0 Å². The highest BCUT2D eigenvalue weighted by Gasteiger charge is 2.28. The first-order chi connectivity index (χ1) is 11.8. The number of hydrogen-bond acceptors (Lipinski definition) is 6. The van der Waals surface area contributed by atoms with Crippen LogP contribution < -0.4 is 10.5 Å². The highest BCUT2D eigenvalue weighted by molar-refractivity contribution is 7.89. The van der Waals surface area contributed by atoms with Crippen molar-refractivity contribution in [1.82, 2.24) is 23.6 Å². The van der Waals surface area contributed by atoms with Crippen molar-refractivity contribution >= 4 is 27.0 Å². The Kier molecular flexibility index (Phi) is 4.58. The minimum atomic E-state index is -3.18. The zero-order valence-corrected chi connectivity index (χ0v) is 15.9. The van der Waals surface area contributed by atoms with Crippen molar-refractivity contribution in [3.63, 3.8) is 0 Å². The second-order valence-electron chi connectivity index (χ2n) is 6.15. The van der Waals surface area contributed by atoms with Gasteiger partial charge in [0.15, 0.2) is 5.52 Å². The fraction of sp³-hybridized carbons (Fsp3) is 0.667. The van der Waals surface area contributed by atoms with Gasteiger partial charge < -0.3 is 4.90 Å². The SMILES string of the molecule is CCn1c(N2CCN(S(=O)(=O)CC)CC2)nc2c(C)nn(C)c2c1=O. The molecule has 2 aromatic heterocycles. The van der Waals surface area contributed by atoms with Crippen LogP contribution in [-0.2, 0) is 23.6 Å². The van der Waals surface area contributed by atoms with E-state index in [-0.39, 0.29) is 11.3 Å². The van der Waals surface area contributed by atoms with Crippen LogP contribution in [0.2, 0.25) is 0 Å². The largest absolute Gasteiger partial charge is 0.340 e. The number of anilines is 1. The highest BCUT2D eigenvalue weighted by atomic mass is 32.2. The van der Waals surface area contributed by atoms with E-state index in [9.17, 15) is 13.2 Å². The lowest BCUT2D eigenvalue weighted by Crippen LogP contribution is -2.50. The molecule has 1 aliphatic rings. The van der Waals surface area contributed by atoms with Crippen molar-refractivity contribution in [3.8, 4) is 0 Å². The minimum absolute atomic E-state index is 0.103. The number of fused-ring (bicyclic) bond motifs is 1. The molecule has 9 nitrogen and oxygen atoms in total. The van der Waals surface area contributed by atoms with Gasteiger partial charge in [-0.25, -0.2) is 13.4 Å². The molecule has 3 heterocycles. The normalized spacial score (nSPS) is 16.7. The summed E-state index contributed by atoms with van der Waals surface area (Å²) >= 11 is 0. The van der Waals surface area contributed by atoms with Gasteiger partial charge in [0.1, 0.15) is 5.52 Å².